The van der Waals surface area contributed by atoms with E-state index in [2.05, 4.69) is 26.2 Å². The summed E-state index contributed by atoms with van der Waals surface area (Å²) < 4.78 is 0.707. The van der Waals surface area contributed by atoms with E-state index >= 15 is 0 Å². The molecular formula is C20H19BrN2O3. The lowest BCUT2D eigenvalue weighted by molar-refractivity contribution is 0.0853. The minimum absolute atomic E-state index is 0.281. The topological polar surface area (TPSA) is 82.2 Å². The minimum Gasteiger partial charge on any atom is -0.391 e. The number of fused-ring (bicyclic) bond motifs is 1. The van der Waals surface area contributed by atoms with E-state index in [1.807, 2.05) is 30.3 Å². The molecule has 134 valence electrons. The van der Waals surface area contributed by atoms with Crippen molar-refractivity contribution in [3.63, 3.8) is 0 Å². The number of pyridine rings is 1. The molecular weight excluding hydrogens is 396 g/mol. The Hall–Kier alpha value is -2.44. The second-order valence-corrected chi connectivity index (χ2v) is 7.08. The van der Waals surface area contributed by atoms with Gasteiger partial charge in [-0.15, -0.1) is 0 Å². The number of hydrogen-bond acceptors (Lipinski definition) is 3. The van der Waals surface area contributed by atoms with E-state index in [1.54, 1.807) is 25.1 Å². The molecule has 2 aromatic carbocycles. The Labute approximate surface area is 159 Å². The molecule has 0 aliphatic heterocycles. The first-order valence-corrected chi connectivity index (χ1v) is 9.09. The highest BCUT2D eigenvalue weighted by molar-refractivity contribution is 9.10. The van der Waals surface area contributed by atoms with Gasteiger partial charge in [-0.2, -0.15) is 0 Å². The molecule has 3 aromatic rings. The number of benzene rings is 2. The number of carbonyl (C=O) groups excluding carboxylic acids is 1. The molecule has 6 heteroatoms. The van der Waals surface area contributed by atoms with Gasteiger partial charge in [0.2, 0.25) is 5.56 Å². The van der Waals surface area contributed by atoms with Crippen LogP contribution in [0, 0.1) is 0 Å². The number of rotatable bonds is 5. The standard InChI is InChI=1S/C20H19BrN2O3/c1-12(17(24)10-13-6-3-2-4-7-13)22-20(26)15-11-18(25)23-19-14(15)8-5-9-16(19)21/h2-9,11-12,17,24H,10H2,1H3,(H,22,26)(H,23,25)/t12-,17-/m0/s1. The van der Waals surface area contributed by atoms with Crippen LogP contribution >= 0.6 is 15.9 Å². The van der Waals surface area contributed by atoms with Gasteiger partial charge in [-0.05, 0) is 34.5 Å². The summed E-state index contributed by atoms with van der Waals surface area (Å²) in [4.78, 5) is 27.3. The van der Waals surface area contributed by atoms with Gasteiger partial charge in [0.1, 0.15) is 0 Å². The van der Waals surface area contributed by atoms with Crippen molar-refractivity contribution < 1.29 is 9.90 Å². The Balaban J connectivity index is 1.80. The molecule has 0 radical (unpaired) electrons. The lowest BCUT2D eigenvalue weighted by Gasteiger charge is -2.21. The molecule has 3 N–H and O–H groups in total. The van der Waals surface area contributed by atoms with E-state index in [0.717, 1.165) is 5.56 Å². The number of amides is 1. The van der Waals surface area contributed by atoms with Gasteiger partial charge in [-0.1, -0.05) is 42.5 Å². The van der Waals surface area contributed by atoms with Crippen molar-refractivity contribution >= 4 is 32.7 Å². The summed E-state index contributed by atoms with van der Waals surface area (Å²) >= 11 is 3.38. The highest BCUT2D eigenvalue weighted by Gasteiger charge is 2.20. The maximum atomic E-state index is 12.7. The number of aliphatic hydroxyl groups is 1. The second kappa shape index (κ2) is 7.85. The van der Waals surface area contributed by atoms with Crippen LogP contribution in [-0.4, -0.2) is 28.1 Å². The van der Waals surface area contributed by atoms with E-state index in [0.29, 0.717) is 21.8 Å². The fourth-order valence-corrected chi connectivity index (χ4v) is 3.31. The van der Waals surface area contributed by atoms with Gasteiger partial charge in [0.15, 0.2) is 0 Å². The molecule has 1 aromatic heterocycles. The SMILES string of the molecule is C[C@H](NC(=O)c1cc(=O)[nH]c2c(Br)cccc12)[C@@H](O)Cc1ccccc1. The van der Waals surface area contributed by atoms with Crippen LogP contribution in [0.25, 0.3) is 10.9 Å². The first-order valence-electron chi connectivity index (χ1n) is 8.30. The molecule has 5 nitrogen and oxygen atoms in total. The van der Waals surface area contributed by atoms with E-state index < -0.39 is 12.1 Å². The number of nitrogens with one attached hydrogen (secondary N) is 2. The van der Waals surface area contributed by atoms with Crippen LogP contribution in [0.4, 0.5) is 0 Å². The zero-order chi connectivity index (χ0) is 18.7. The van der Waals surface area contributed by atoms with Crippen molar-refractivity contribution in [1.29, 1.82) is 0 Å². The Kier molecular flexibility index (Phi) is 5.54. The van der Waals surface area contributed by atoms with E-state index in [1.165, 1.54) is 6.07 Å². The lowest BCUT2D eigenvalue weighted by Crippen LogP contribution is -2.42. The Morgan fingerprint density at radius 1 is 1.19 bits per heavy atom. The molecule has 0 aliphatic carbocycles. The number of halogens is 1. The summed E-state index contributed by atoms with van der Waals surface area (Å²) in [5, 5.41) is 13.8. The first kappa shape index (κ1) is 18.4. The van der Waals surface area contributed by atoms with Gasteiger partial charge in [0.05, 0.1) is 23.2 Å². The van der Waals surface area contributed by atoms with Crippen molar-refractivity contribution in [2.45, 2.75) is 25.5 Å². The second-order valence-electron chi connectivity index (χ2n) is 6.23. The smallest absolute Gasteiger partial charge is 0.252 e. The van der Waals surface area contributed by atoms with Gasteiger partial charge in [-0.3, -0.25) is 9.59 Å². The largest absolute Gasteiger partial charge is 0.391 e. The van der Waals surface area contributed by atoms with Crippen molar-refractivity contribution in [2.75, 3.05) is 0 Å². The summed E-state index contributed by atoms with van der Waals surface area (Å²) in [6.45, 7) is 1.75. The maximum Gasteiger partial charge on any atom is 0.252 e. The number of hydrogen-bond donors (Lipinski definition) is 3. The summed E-state index contributed by atoms with van der Waals surface area (Å²) in [5.41, 5.74) is 1.49. The van der Waals surface area contributed by atoms with Crippen molar-refractivity contribution in [2.24, 2.45) is 0 Å². The molecule has 1 amide bonds. The van der Waals surface area contributed by atoms with Gasteiger partial charge >= 0.3 is 0 Å². The molecule has 0 aliphatic rings. The molecule has 1 heterocycles. The van der Waals surface area contributed by atoms with Gasteiger partial charge in [0, 0.05) is 22.3 Å². The van der Waals surface area contributed by atoms with Gasteiger partial charge < -0.3 is 15.4 Å². The molecule has 0 spiro atoms. The summed E-state index contributed by atoms with van der Waals surface area (Å²) in [6.07, 6.45) is -0.300. The van der Waals surface area contributed by atoms with Crippen LogP contribution in [0.2, 0.25) is 0 Å². The van der Waals surface area contributed by atoms with E-state index in [9.17, 15) is 14.7 Å². The van der Waals surface area contributed by atoms with Crippen LogP contribution in [0.5, 0.6) is 0 Å². The molecule has 0 fully saturated rings. The predicted molar refractivity (Wildman–Crippen MR) is 105 cm³/mol. The third kappa shape index (κ3) is 4.03. The number of para-hydroxylation sites is 1. The first-order chi connectivity index (χ1) is 12.5. The predicted octanol–water partition coefficient (Wildman–Crippen LogP) is 3.01. The molecule has 26 heavy (non-hydrogen) atoms. The van der Waals surface area contributed by atoms with E-state index in [4.69, 9.17) is 0 Å². The highest BCUT2D eigenvalue weighted by atomic mass is 79.9. The third-order valence-corrected chi connectivity index (χ3v) is 4.96. The highest BCUT2D eigenvalue weighted by Crippen LogP contribution is 2.23. The zero-order valence-corrected chi connectivity index (χ0v) is 15.8. The Morgan fingerprint density at radius 2 is 1.92 bits per heavy atom. The number of H-pyrrole nitrogens is 1. The van der Waals surface area contributed by atoms with Crippen molar-refractivity contribution in [3.05, 3.63) is 80.6 Å². The van der Waals surface area contributed by atoms with E-state index in [-0.39, 0.29) is 17.0 Å². The Bertz CT molecular complexity index is 985. The minimum atomic E-state index is -0.735. The monoisotopic (exact) mass is 414 g/mol. The average Bonchev–Trinajstić information content (AvgIpc) is 2.62. The van der Waals surface area contributed by atoms with Crippen molar-refractivity contribution in [3.8, 4) is 0 Å². The zero-order valence-electron chi connectivity index (χ0n) is 14.2. The summed E-state index contributed by atoms with van der Waals surface area (Å²) in [6, 6.07) is 15.8. The summed E-state index contributed by atoms with van der Waals surface area (Å²) in [5.74, 6) is -0.390. The number of aromatic amines is 1. The van der Waals surface area contributed by atoms with Crippen LogP contribution in [0.15, 0.2) is 63.9 Å². The number of carbonyl (C=O) groups is 1. The number of aromatic nitrogens is 1. The molecule has 0 bridgehead atoms. The third-order valence-electron chi connectivity index (χ3n) is 4.30. The molecule has 0 unspecified atom stereocenters. The Morgan fingerprint density at radius 3 is 2.65 bits per heavy atom. The summed E-state index contributed by atoms with van der Waals surface area (Å²) in [7, 11) is 0. The fourth-order valence-electron chi connectivity index (χ4n) is 2.84. The van der Waals surface area contributed by atoms with Crippen LogP contribution in [0.1, 0.15) is 22.8 Å². The van der Waals surface area contributed by atoms with Crippen LogP contribution < -0.4 is 10.9 Å². The molecule has 0 saturated heterocycles. The maximum absolute atomic E-state index is 12.7. The molecule has 2 atom stereocenters. The average molecular weight is 415 g/mol. The van der Waals surface area contributed by atoms with Gasteiger partial charge in [-0.25, -0.2) is 0 Å². The van der Waals surface area contributed by atoms with Crippen LogP contribution in [-0.2, 0) is 6.42 Å². The van der Waals surface area contributed by atoms with Crippen molar-refractivity contribution in [1.82, 2.24) is 10.3 Å². The molecule has 0 saturated carbocycles. The number of aliphatic hydroxyl groups excluding tert-OH is 1. The van der Waals surface area contributed by atoms with Gasteiger partial charge in [0.25, 0.3) is 5.91 Å². The van der Waals surface area contributed by atoms with Crippen LogP contribution in [0.3, 0.4) is 0 Å². The quantitative estimate of drug-likeness (QED) is 0.599. The molecule has 3 rings (SSSR count). The normalized spacial score (nSPS) is 13.3. The lowest BCUT2D eigenvalue weighted by atomic mass is 10.0. The fraction of sp³-hybridized carbons (Fsp3) is 0.200.